The van der Waals surface area contributed by atoms with Gasteiger partial charge in [-0.3, -0.25) is 4.79 Å². The largest absolute Gasteiger partial charge is 0.497 e. The normalized spacial score (nSPS) is 16.3. The van der Waals surface area contributed by atoms with E-state index in [1.165, 1.54) is 7.11 Å². The quantitative estimate of drug-likeness (QED) is 0.507. The van der Waals surface area contributed by atoms with Gasteiger partial charge in [0.25, 0.3) is 5.91 Å². The molecule has 8 heteroatoms. The molecule has 0 saturated carbocycles. The van der Waals surface area contributed by atoms with Crippen molar-refractivity contribution in [3.05, 3.63) is 77.1 Å². The van der Waals surface area contributed by atoms with Crippen LogP contribution in [0.3, 0.4) is 0 Å². The van der Waals surface area contributed by atoms with Crippen LogP contribution in [0.5, 0.6) is 5.75 Å². The number of nitrogens with zero attached hydrogens (tertiary/aromatic N) is 1. The molecule has 1 heterocycles. The Hall–Kier alpha value is -3.55. The van der Waals surface area contributed by atoms with E-state index in [0.29, 0.717) is 28.8 Å². The number of carbonyl (C=O) groups is 1. The van der Waals surface area contributed by atoms with Crippen LogP contribution in [0.4, 0.5) is 18.9 Å². The summed E-state index contributed by atoms with van der Waals surface area (Å²) in [6.45, 7) is 1.88. The number of pyridine rings is 1. The van der Waals surface area contributed by atoms with Crippen LogP contribution >= 0.6 is 0 Å². The van der Waals surface area contributed by atoms with Crippen LogP contribution in [-0.2, 0) is 6.18 Å². The van der Waals surface area contributed by atoms with Crippen LogP contribution < -0.4 is 15.4 Å². The number of carbonyl (C=O) groups excluding carboxylic acids is 1. The van der Waals surface area contributed by atoms with Gasteiger partial charge in [-0.1, -0.05) is 17.7 Å². The van der Waals surface area contributed by atoms with Crippen molar-refractivity contribution in [2.75, 3.05) is 12.4 Å². The highest BCUT2D eigenvalue weighted by molar-refractivity contribution is 5.95. The van der Waals surface area contributed by atoms with Gasteiger partial charge in [0.05, 0.1) is 12.6 Å². The lowest BCUT2D eigenvalue weighted by atomic mass is 9.98. The number of alkyl halides is 3. The third-order valence-electron chi connectivity index (χ3n) is 5.57. The number of hydrogen-bond donors (Lipinski definition) is 2. The van der Waals surface area contributed by atoms with E-state index >= 15 is 0 Å². The Labute approximate surface area is 189 Å². The minimum atomic E-state index is -4.55. The van der Waals surface area contributed by atoms with Gasteiger partial charge in [-0.2, -0.15) is 13.2 Å². The molecule has 0 fully saturated rings. The number of aromatic nitrogens is 1. The summed E-state index contributed by atoms with van der Waals surface area (Å²) in [6.07, 6.45) is -0.478. The molecule has 5 nitrogen and oxygen atoms in total. The number of rotatable bonds is 5. The number of fused-ring (bicyclic) bond motifs is 1. The molecule has 3 aromatic rings. The smallest absolute Gasteiger partial charge is 0.433 e. The Morgan fingerprint density at radius 2 is 1.97 bits per heavy atom. The third-order valence-corrected chi connectivity index (χ3v) is 5.57. The second-order valence-corrected chi connectivity index (χ2v) is 8.09. The average Bonchev–Trinajstić information content (AvgIpc) is 2.79. The topological polar surface area (TPSA) is 63.2 Å². The maximum atomic E-state index is 13.4. The molecule has 1 aliphatic rings. The lowest BCUT2D eigenvalue weighted by molar-refractivity contribution is -0.140. The molecule has 2 N–H and O–H groups in total. The summed E-state index contributed by atoms with van der Waals surface area (Å²) in [7, 11) is 1.53. The molecule has 0 radical (unpaired) electrons. The van der Waals surface area contributed by atoms with Crippen molar-refractivity contribution in [3.8, 4) is 5.75 Å². The number of allylic oxidation sites excluding steroid dienone is 1. The minimum Gasteiger partial charge on any atom is -0.497 e. The Balaban J connectivity index is 1.59. The van der Waals surface area contributed by atoms with E-state index in [0.717, 1.165) is 30.2 Å². The van der Waals surface area contributed by atoms with Crippen molar-refractivity contribution in [1.29, 1.82) is 0 Å². The van der Waals surface area contributed by atoms with Gasteiger partial charge < -0.3 is 15.4 Å². The van der Waals surface area contributed by atoms with Crippen molar-refractivity contribution in [2.45, 2.75) is 38.4 Å². The van der Waals surface area contributed by atoms with E-state index in [1.807, 2.05) is 19.1 Å². The van der Waals surface area contributed by atoms with Crippen molar-refractivity contribution < 1.29 is 22.7 Å². The van der Waals surface area contributed by atoms with Crippen LogP contribution in [0.2, 0.25) is 0 Å². The van der Waals surface area contributed by atoms with Crippen LogP contribution in [0.1, 0.15) is 40.9 Å². The number of hydrogen-bond acceptors (Lipinski definition) is 4. The van der Waals surface area contributed by atoms with Crippen molar-refractivity contribution in [1.82, 2.24) is 10.3 Å². The van der Waals surface area contributed by atoms with Gasteiger partial charge >= 0.3 is 6.18 Å². The zero-order valence-electron chi connectivity index (χ0n) is 18.3. The van der Waals surface area contributed by atoms with Crippen molar-refractivity contribution in [3.63, 3.8) is 0 Å². The Kier molecular flexibility index (Phi) is 6.26. The Morgan fingerprint density at radius 1 is 1.15 bits per heavy atom. The number of nitrogens with one attached hydrogen (secondary N) is 2. The maximum Gasteiger partial charge on any atom is 0.433 e. The van der Waals surface area contributed by atoms with Gasteiger partial charge in [0.15, 0.2) is 0 Å². The molecule has 0 unspecified atom stereocenters. The monoisotopic (exact) mass is 455 g/mol. The molecule has 2 aromatic carbocycles. The van der Waals surface area contributed by atoms with Gasteiger partial charge in [-0.25, -0.2) is 4.98 Å². The first-order valence-corrected chi connectivity index (χ1v) is 10.6. The number of ether oxygens (including phenoxy) is 1. The fourth-order valence-electron chi connectivity index (χ4n) is 3.93. The van der Waals surface area contributed by atoms with E-state index < -0.39 is 11.9 Å². The highest BCUT2D eigenvalue weighted by atomic mass is 19.4. The second-order valence-electron chi connectivity index (χ2n) is 8.09. The van der Waals surface area contributed by atoms with E-state index in [1.54, 1.807) is 36.4 Å². The Bertz CT molecular complexity index is 1220. The number of halogens is 3. The Morgan fingerprint density at radius 3 is 2.73 bits per heavy atom. The van der Waals surface area contributed by atoms with Crippen molar-refractivity contribution in [2.24, 2.45) is 0 Å². The first-order valence-electron chi connectivity index (χ1n) is 10.6. The molecule has 1 aromatic heterocycles. The number of methoxy groups -OCH3 is 1. The lowest BCUT2D eigenvalue weighted by Gasteiger charge is -2.25. The number of benzene rings is 2. The van der Waals surface area contributed by atoms with Crippen molar-refractivity contribution >= 4 is 22.5 Å². The van der Waals surface area contributed by atoms with Gasteiger partial charge in [0.2, 0.25) is 0 Å². The molecular weight excluding hydrogens is 431 g/mol. The molecule has 1 atom stereocenters. The zero-order chi connectivity index (χ0) is 23.6. The summed E-state index contributed by atoms with van der Waals surface area (Å²) in [5.74, 6) is 0.324. The standard InChI is InChI=1S/C25H24F3N3O2/c1-15-9-10-21-20(11-15)22(14-23(31-21)25(26,27)28)29-17-6-4-7-18(13-17)30-24(32)16-5-3-8-19(12-16)33-2/h3,5,8-14,17H,4,6-7H2,1-2H3,(H,29,31)(H,30,32)/t17-/m0/s1. The second kappa shape index (κ2) is 9.13. The molecule has 0 saturated heterocycles. The molecule has 33 heavy (non-hydrogen) atoms. The predicted octanol–water partition coefficient (Wildman–Crippen LogP) is 5.85. The number of anilines is 1. The van der Waals surface area contributed by atoms with Gasteiger partial charge in [0.1, 0.15) is 11.4 Å². The first kappa shape index (κ1) is 22.6. The average molecular weight is 455 g/mol. The minimum absolute atomic E-state index is 0.230. The molecule has 1 amide bonds. The fraction of sp³-hybridized carbons (Fsp3) is 0.280. The molecule has 1 aliphatic carbocycles. The summed E-state index contributed by atoms with van der Waals surface area (Å²) >= 11 is 0. The molecule has 172 valence electrons. The summed E-state index contributed by atoms with van der Waals surface area (Å²) in [5, 5.41) is 6.78. The number of amides is 1. The SMILES string of the molecule is COc1cccc(C(=O)NC2=C[C@@H](Nc3cc(C(F)(F)F)nc4ccc(C)cc34)CCC2)c1. The van der Waals surface area contributed by atoms with Gasteiger partial charge in [-0.05, 0) is 68.7 Å². The van der Waals surface area contributed by atoms with Crippen LogP contribution in [0.15, 0.2) is 60.3 Å². The lowest BCUT2D eigenvalue weighted by Crippen LogP contribution is -2.29. The summed E-state index contributed by atoms with van der Waals surface area (Å²) < 4.78 is 45.4. The third kappa shape index (κ3) is 5.27. The molecule has 0 spiro atoms. The first-order chi connectivity index (χ1) is 15.7. The fourth-order valence-corrected chi connectivity index (χ4v) is 3.93. The summed E-state index contributed by atoms with van der Waals surface area (Å²) in [5.41, 5.74) is 1.85. The summed E-state index contributed by atoms with van der Waals surface area (Å²) in [4.78, 5) is 16.4. The van der Waals surface area contributed by atoms with Gasteiger partial charge in [-0.15, -0.1) is 0 Å². The molecule has 4 rings (SSSR count). The summed E-state index contributed by atoms with van der Waals surface area (Å²) in [6, 6.07) is 12.8. The molecular formula is C25H24F3N3O2. The molecule has 0 aliphatic heterocycles. The van der Waals surface area contributed by atoms with Gasteiger partial charge in [0, 0.05) is 28.4 Å². The van der Waals surface area contributed by atoms with E-state index in [9.17, 15) is 18.0 Å². The number of aryl methyl sites for hydroxylation is 1. The van der Waals surface area contributed by atoms with E-state index in [4.69, 9.17) is 4.74 Å². The van der Waals surface area contributed by atoms with Crippen LogP contribution in [-0.4, -0.2) is 24.0 Å². The van der Waals surface area contributed by atoms with Crippen LogP contribution in [0.25, 0.3) is 10.9 Å². The highest BCUT2D eigenvalue weighted by Crippen LogP contribution is 2.34. The van der Waals surface area contributed by atoms with Crippen LogP contribution in [0, 0.1) is 6.92 Å². The molecule has 0 bridgehead atoms. The zero-order valence-corrected chi connectivity index (χ0v) is 18.3. The predicted molar refractivity (Wildman–Crippen MR) is 121 cm³/mol. The highest BCUT2D eigenvalue weighted by Gasteiger charge is 2.33. The van der Waals surface area contributed by atoms with E-state index in [-0.39, 0.29) is 17.5 Å². The maximum absolute atomic E-state index is 13.4. The van der Waals surface area contributed by atoms with E-state index in [2.05, 4.69) is 15.6 Å².